The molecule has 0 spiro atoms. The maximum atomic E-state index is 6.83. The molecule has 2 aliphatic rings. The van der Waals surface area contributed by atoms with Crippen molar-refractivity contribution in [1.82, 2.24) is 34.4 Å². The minimum absolute atomic E-state index is 0.541. The van der Waals surface area contributed by atoms with Gasteiger partial charge in [0.2, 0.25) is 5.95 Å². The minimum atomic E-state index is 0.541. The number of halogens is 1. The average molecular weight is 433 g/mol. The zero-order valence-electron chi connectivity index (χ0n) is 17.0. The summed E-state index contributed by atoms with van der Waals surface area (Å²) in [4.78, 5) is 15.5. The molecule has 9 heteroatoms. The quantitative estimate of drug-likeness (QED) is 0.448. The molecule has 2 fully saturated rings. The van der Waals surface area contributed by atoms with Crippen molar-refractivity contribution >= 4 is 45.1 Å². The number of aromatic amines is 1. The van der Waals surface area contributed by atoms with Crippen molar-refractivity contribution in [3.63, 3.8) is 0 Å². The first-order valence-electron chi connectivity index (χ1n) is 10.6. The molecule has 0 amide bonds. The molecule has 0 aliphatic carbocycles. The van der Waals surface area contributed by atoms with E-state index < -0.39 is 0 Å². The Morgan fingerprint density at radius 1 is 1.19 bits per heavy atom. The summed E-state index contributed by atoms with van der Waals surface area (Å²) in [5, 5.41) is 10.7. The van der Waals surface area contributed by atoms with Gasteiger partial charge in [0, 0.05) is 74.0 Å². The van der Waals surface area contributed by atoms with Crippen molar-refractivity contribution in [3.8, 4) is 11.1 Å². The Morgan fingerprint density at radius 2 is 2.13 bits per heavy atom. The first-order chi connectivity index (χ1) is 15.2. The molecular weight excluding hydrogens is 412 g/mol. The van der Waals surface area contributed by atoms with Gasteiger partial charge in [-0.3, -0.25) is 9.08 Å². The molecule has 1 aromatic carbocycles. The number of aromatic nitrogens is 6. The highest BCUT2D eigenvalue weighted by molar-refractivity contribution is 6.38. The maximum absolute atomic E-state index is 6.83. The number of hydrogen-bond acceptors (Lipinski definition) is 5. The van der Waals surface area contributed by atoms with Gasteiger partial charge < -0.3 is 15.2 Å². The van der Waals surface area contributed by atoms with Gasteiger partial charge in [0.25, 0.3) is 0 Å². The van der Waals surface area contributed by atoms with Gasteiger partial charge in [-0.1, -0.05) is 17.7 Å². The number of H-pyrrole nitrogens is 1. The van der Waals surface area contributed by atoms with Crippen molar-refractivity contribution in [2.24, 2.45) is 13.0 Å². The highest BCUT2D eigenvalue weighted by Gasteiger charge is 2.34. The van der Waals surface area contributed by atoms with E-state index in [0.717, 1.165) is 64.3 Å². The van der Waals surface area contributed by atoms with E-state index in [2.05, 4.69) is 24.7 Å². The molecule has 156 valence electrons. The van der Waals surface area contributed by atoms with Crippen molar-refractivity contribution in [1.29, 1.82) is 0 Å². The Labute approximate surface area is 182 Å². The molecule has 2 bridgehead atoms. The lowest BCUT2D eigenvalue weighted by molar-refractivity contribution is 0.468. The van der Waals surface area contributed by atoms with Crippen LogP contribution in [0.3, 0.4) is 0 Å². The summed E-state index contributed by atoms with van der Waals surface area (Å²) in [5.41, 5.74) is 4.56. The zero-order valence-corrected chi connectivity index (χ0v) is 17.8. The Bertz CT molecular complexity index is 1470. The smallest absolute Gasteiger partial charge is 0.213 e. The highest BCUT2D eigenvalue weighted by atomic mass is 35.5. The number of nitrogens with zero attached hydrogens (tertiary/aromatic N) is 6. The lowest BCUT2D eigenvalue weighted by Crippen LogP contribution is -2.42. The van der Waals surface area contributed by atoms with E-state index in [4.69, 9.17) is 21.6 Å². The third-order valence-corrected chi connectivity index (χ3v) is 7.10. The minimum Gasteiger partial charge on any atom is -0.345 e. The zero-order chi connectivity index (χ0) is 20.7. The standard InChI is InChI=1S/C22H21ClN8/c1-29-11-16-17(28-29)3-2-14(19(16)23)15-8-26-20-18(15)21-24-4-5-31(21)22(27-20)30-9-12-6-13(10-30)25-7-12/h2-5,8,11-13,25-26H,6-7,9-10H2,1H3. The van der Waals surface area contributed by atoms with Crippen LogP contribution in [0.1, 0.15) is 6.42 Å². The molecule has 5 aromatic rings. The maximum Gasteiger partial charge on any atom is 0.213 e. The molecular formula is C22H21ClN8. The van der Waals surface area contributed by atoms with Crippen LogP contribution in [-0.4, -0.2) is 54.8 Å². The average Bonchev–Trinajstić information content (AvgIpc) is 3.53. The second kappa shape index (κ2) is 6.21. The van der Waals surface area contributed by atoms with E-state index in [9.17, 15) is 0 Å². The van der Waals surface area contributed by atoms with Gasteiger partial charge in [-0.2, -0.15) is 10.1 Å². The first-order valence-corrected chi connectivity index (χ1v) is 11.0. The second-order valence-corrected chi connectivity index (χ2v) is 9.11. The van der Waals surface area contributed by atoms with Crippen molar-refractivity contribution in [3.05, 3.63) is 41.9 Å². The van der Waals surface area contributed by atoms with Crippen LogP contribution in [0.5, 0.6) is 0 Å². The van der Waals surface area contributed by atoms with E-state index in [1.54, 1.807) is 4.68 Å². The third-order valence-electron chi connectivity index (χ3n) is 6.69. The molecule has 4 aromatic heterocycles. The SMILES string of the molecule is Cn1cc2c(Cl)c(-c3c[nH]c4nc(N5CC6CNC(C6)C5)n5ccnc5c34)ccc2n1. The van der Waals surface area contributed by atoms with Crippen LogP contribution in [0.25, 0.3) is 38.7 Å². The molecule has 0 saturated carbocycles. The normalized spacial score (nSPS) is 21.2. The van der Waals surface area contributed by atoms with E-state index in [-0.39, 0.29) is 0 Å². The number of imidazole rings is 1. The van der Waals surface area contributed by atoms with Crippen LogP contribution >= 0.6 is 11.6 Å². The van der Waals surface area contributed by atoms with E-state index in [0.29, 0.717) is 17.0 Å². The molecule has 31 heavy (non-hydrogen) atoms. The molecule has 0 radical (unpaired) electrons. The van der Waals surface area contributed by atoms with Crippen LogP contribution < -0.4 is 10.2 Å². The summed E-state index contributed by atoms with van der Waals surface area (Å²) >= 11 is 6.83. The largest absolute Gasteiger partial charge is 0.345 e. The fraction of sp³-hybridized carbons (Fsp3) is 0.318. The van der Waals surface area contributed by atoms with Crippen LogP contribution in [-0.2, 0) is 7.05 Å². The number of rotatable bonds is 2. The molecule has 2 saturated heterocycles. The Morgan fingerprint density at radius 3 is 3.03 bits per heavy atom. The van der Waals surface area contributed by atoms with Crippen LogP contribution in [0, 0.1) is 5.92 Å². The molecule has 7 rings (SSSR count). The van der Waals surface area contributed by atoms with Gasteiger partial charge in [0.15, 0.2) is 5.65 Å². The molecule has 8 nitrogen and oxygen atoms in total. The number of aryl methyl sites for hydroxylation is 1. The van der Waals surface area contributed by atoms with Gasteiger partial charge >= 0.3 is 0 Å². The van der Waals surface area contributed by atoms with Gasteiger partial charge in [-0.15, -0.1) is 0 Å². The van der Waals surface area contributed by atoms with Gasteiger partial charge in [-0.05, 0) is 18.4 Å². The van der Waals surface area contributed by atoms with Crippen LogP contribution in [0.15, 0.2) is 36.9 Å². The van der Waals surface area contributed by atoms with Crippen LogP contribution in [0.4, 0.5) is 5.95 Å². The predicted molar refractivity (Wildman–Crippen MR) is 122 cm³/mol. The molecule has 2 aliphatic heterocycles. The third kappa shape index (κ3) is 2.49. The molecule has 6 heterocycles. The van der Waals surface area contributed by atoms with E-state index in [1.165, 1.54) is 6.42 Å². The van der Waals surface area contributed by atoms with Gasteiger partial charge in [0.1, 0.15) is 5.65 Å². The van der Waals surface area contributed by atoms with E-state index in [1.807, 2.05) is 44.0 Å². The fourth-order valence-electron chi connectivity index (χ4n) is 5.35. The predicted octanol–water partition coefficient (Wildman–Crippen LogP) is 3.22. The number of hydrogen-bond donors (Lipinski definition) is 2. The van der Waals surface area contributed by atoms with Gasteiger partial charge in [-0.25, -0.2) is 4.98 Å². The van der Waals surface area contributed by atoms with E-state index >= 15 is 0 Å². The monoisotopic (exact) mass is 432 g/mol. The Balaban J connectivity index is 1.43. The Kier molecular flexibility index (Phi) is 3.52. The number of piperidine rings is 1. The fourth-order valence-corrected chi connectivity index (χ4v) is 5.66. The van der Waals surface area contributed by atoms with Crippen molar-refractivity contribution < 1.29 is 0 Å². The number of nitrogens with one attached hydrogen (secondary N) is 2. The van der Waals surface area contributed by atoms with Crippen molar-refractivity contribution in [2.45, 2.75) is 12.5 Å². The molecule has 2 N–H and O–H groups in total. The highest BCUT2D eigenvalue weighted by Crippen LogP contribution is 2.39. The second-order valence-electron chi connectivity index (χ2n) is 8.73. The lowest BCUT2D eigenvalue weighted by Gasteiger charge is -2.32. The Hall–Kier alpha value is -3.10. The number of fused-ring (bicyclic) bond motifs is 6. The summed E-state index contributed by atoms with van der Waals surface area (Å²) in [6, 6.07) is 4.58. The van der Waals surface area contributed by atoms with Crippen LogP contribution in [0.2, 0.25) is 5.02 Å². The summed E-state index contributed by atoms with van der Waals surface area (Å²) in [6.45, 7) is 3.09. The number of anilines is 1. The summed E-state index contributed by atoms with van der Waals surface area (Å²) in [6.07, 6.45) is 9.05. The topological polar surface area (TPSA) is 79.1 Å². The van der Waals surface area contributed by atoms with Crippen molar-refractivity contribution in [2.75, 3.05) is 24.5 Å². The first kappa shape index (κ1) is 17.6. The van der Waals surface area contributed by atoms with Gasteiger partial charge in [0.05, 0.1) is 15.9 Å². The lowest BCUT2D eigenvalue weighted by atomic mass is 10.0. The summed E-state index contributed by atoms with van der Waals surface area (Å²) < 4.78 is 3.90. The molecule has 2 unspecified atom stereocenters. The summed E-state index contributed by atoms with van der Waals surface area (Å²) in [5.74, 6) is 1.62. The number of benzene rings is 1. The molecule has 2 atom stereocenters. The summed E-state index contributed by atoms with van der Waals surface area (Å²) in [7, 11) is 1.91.